The predicted molar refractivity (Wildman–Crippen MR) is 171 cm³/mol. The molecule has 0 saturated heterocycles. The highest BCUT2D eigenvalue weighted by molar-refractivity contribution is 7.89. The van der Waals surface area contributed by atoms with Gasteiger partial charge in [-0.15, -0.1) is 0 Å². The lowest BCUT2D eigenvalue weighted by Crippen LogP contribution is -2.34. The van der Waals surface area contributed by atoms with Crippen LogP contribution in [0.25, 0.3) is 11.1 Å². The highest BCUT2D eigenvalue weighted by Crippen LogP contribution is 2.27. The molecule has 44 heavy (non-hydrogen) atoms. The van der Waals surface area contributed by atoms with E-state index in [9.17, 15) is 18.0 Å². The van der Waals surface area contributed by atoms with Crippen molar-refractivity contribution in [3.05, 3.63) is 108 Å². The van der Waals surface area contributed by atoms with E-state index in [1.807, 2.05) is 17.9 Å². The summed E-state index contributed by atoms with van der Waals surface area (Å²) in [6.07, 6.45) is 0.951. The lowest BCUT2D eigenvalue weighted by Gasteiger charge is -2.24. The van der Waals surface area contributed by atoms with Crippen molar-refractivity contribution in [1.29, 1.82) is 0 Å². The molecule has 4 rings (SSSR count). The second-order valence-corrected chi connectivity index (χ2v) is 11.4. The molecule has 1 atom stereocenters. The van der Waals surface area contributed by atoms with Crippen LogP contribution in [0.3, 0.4) is 0 Å². The first-order valence-electron chi connectivity index (χ1n) is 13.9. The van der Waals surface area contributed by atoms with E-state index in [0.29, 0.717) is 34.6 Å². The number of amidine groups is 1. The number of carbonyl (C=O) groups is 2. The number of anilines is 2. The Morgan fingerprint density at radius 2 is 1.73 bits per heavy atom. The van der Waals surface area contributed by atoms with E-state index in [0.717, 1.165) is 12.1 Å². The summed E-state index contributed by atoms with van der Waals surface area (Å²) in [6.45, 7) is 4.33. The van der Waals surface area contributed by atoms with Gasteiger partial charge in [-0.1, -0.05) is 55.5 Å². The zero-order valence-electron chi connectivity index (χ0n) is 24.4. The number of ether oxygens (including phenoxy) is 1. The zero-order valence-corrected chi connectivity index (χ0v) is 25.2. The maximum Gasteiger partial charge on any atom is 0.436 e. The Kier molecular flexibility index (Phi) is 10.4. The molecule has 0 spiro atoms. The van der Waals surface area contributed by atoms with Gasteiger partial charge < -0.3 is 20.7 Å². The summed E-state index contributed by atoms with van der Waals surface area (Å²) in [5, 5.41) is 8.25. The molecule has 1 heterocycles. The van der Waals surface area contributed by atoms with Crippen molar-refractivity contribution in [2.75, 3.05) is 23.3 Å². The molecule has 2 amide bonds. The van der Waals surface area contributed by atoms with E-state index in [2.05, 4.69) is 15.3 Å². The normalized spacial score (nSPS) is 12.3. The number of hydrogen-bond donors (Lipinski definition) is 3. The minimum absolute atomic E-state index is 0.0185. The van der Waals surface area contributed by atoms with Gasteiger partial charge in [0.05, 0.1) is 17.1 Å². The molecule has 0 aliphatic heterocycles. The summed E-state index contributed by atoms with van der Waals surface area (Å²) >= 11 is 0. The van der Waals surface area contributed by atoms with Gasteiger partial charge in [0.2, 0.25) is 15.9 Å². The Balaban J connectivity index is 1.43. The monoisotopic (exact) mass is 614 g/mol. The highest BCUT2D eigenvalue weighted by atomic mass is 32.2. The maximum absolute atomic E-state index is 13.0. The number of sulfonamides is 1. The second kappa shape index (κ2) is 14.4. The smallest absolute Gasteiger partial charge is 0.436 e. The van der Waals surface area contributed by atoms with Gasteiger partial charge in [-0.3, -0.25) is 9.78 Å². The van der Waals surface area contributed by atoms with E-state index < -0.39 is 22.2 Å². The van der Waals surface area contributed by atoms with Crippen molar-refractivity contribution in [2.45, 2.75) is 31.3 Å². The van der Waals surface area contributed by atoms with Gasteiger partial charge >= 0.3 is 6.09 Å². The molecule has 12 heteroatoms. The average Bonchev–Trinajstić information content (AvgIpc) is 3.01. The number of benzene rings is 3. The number of pyridine rings is 1. The van der Waals surface area contributed by atoms with Crippen LogP contribution in [0, 0.1) is 0 Å². The third-order valence-electron chi connectivity index (χ3n) is 6.60. The third kappa shape index (κ3) is 8.49. The number of carbonyl (C=O) groups excluding carboxylic acids is 2. The number of amides is 2. The van der Waals surface area contributed by atoms with Crippen molar-refractivity contribution >= 4 is 39.2 Å². The maximum atomic E-state index is 13.0. The van der Waals surface area contributed by atoms with Crippen LogP contribution in [0.1, 0.15) is 37.6 Å². The molecule has 0 radical (unpaired) electrons. The lowest BCUT2D eigenvalue weighted by molar-refractivity contribution is -0.115. The Morgan fingerprint density at radius 1 is 1.00 bits per heavy atom. The minimum Gasteiger partial charge on any atom is -0.438 e. The molecule has 0 aliphatic carbocycles. The van der Waals surface area contributed by atoms with Crippen LogP contribution in [-0.4, -0.2) is 44.3 Å². The van der Waals surface area contributed by atoms with Gasteiger partial charge in [-0.05, 0) is 61.4 Å². The van der Waals surface area contributed by atoms with Crippen molar-refractivity contribution in [3.63, 3.8) is 0 Å². The third-order valence-corrected chi connectivity index (χ3v) is 7.57. The molecule has 11 nitrogen and oxygen atoms in total. The summed E-state index contributed by atoms with van der Waals surface area (Å²) in [7, 11) is -3.90. The molecule has 1 aromatic heterocycles. The number of aromatic nitrogens is 1. The standard InChI is InChI=1S/C32H34N6O5S/c1-3-19-38(21-30(39)36-25-16-14-23(15-17-25)27-11-4-5-13-29(27)44(34,41)42)26-10-8-9-24(20-26)31(33)37-32(40)43-22(2)28-12-6-7-18-35-28/h4-18,20,22H,3,19,21H2,1-2H3,(H,36,39)(H2,33,37,40)(H2,34,41,42). The van der Waals surface area contributed by atoms with E-state index in [4.69, 9.17) is 15.6 Å². The van der Waals surface area contributed by atoms with Gasteiger partial charge in [0.1, 0.15) is 11.9 Å². The highest BCUT2D eigenvalue weighted by Gasteiger charge is 2.17. The number of nitrogens with two attached hydrogens (primary N) is 2. The Hall–Kier alpha value is -5.07. The summed E-state index contributed by atoms with van der Waals surface area (Å²) in [5.41, 5.74) is 9.62. The van der Waals surface area contributed by atoms with Crippen LogP contribution in [0.4, 0.5) is 16.2 Å². The molecule has 0 aliphatic rings. The largest absolute Gasteiger partial charge is 0.438 e. The van der Waals surface area contributed by atoms with E-state index >= 15 is 0 Å². The molecular formula is C32H34N6O5S. The molecule has 0 bridgehead atoms. The first-order valence-corrected chi connectivity index (χ1v) is 15.4. The molecule has 0 saturated carbocycles. The van der Waals surface area contributed by atoms with Gasteiger partial charge in [0.15, 0.2) is 0 Å². The topological polar surface area (TPSA) is 170 Å². The molecular weight excluding hydrogens is 580 g/mol. The SMILES string of the molecule is CCCN(CC(=O)Nc1ccc(-c2ccccc2S(N)(=O)=O)cc1)c1cccc(C(N)=NC(=O)OC(C)c2ccccn2)c1. The first-order chi connectivity index (χ1) is 21.0. The fourth-order valence-corrected chi connectivity index (χ4v) is 5.27. The number of nitrogens with one attached hydrogen (secondary N) is 1. The number of primary sulfonamides is 1. The molecule has 3 aromatic carbocycles. The second-order valence-electron chi connectivity index (χ2n) is 9.92. The zero-order chi connectivity index (χ0) is 31.7. The quantitative estimate of drug-likeness (QED) is 0.159. The van der Waals surface area contributed by atoms with E-state index in [1.165, 1.54) is 6.07 Å². The van der Waals surface area contributed by atoms with Gasteiger partial charge in [0.25, 0.3) is 0 Å². The van der Waals surface area contributed by atoms with E-state index in [1.54, 1.807) is 92.0 Å². The predicted octanol–water partition coefficient (Wildman–Crippen LogP) is 4.85. The summed E-state index contributed by atoms with van der Waals surface area (Å²) < 4.78 is 29.3. The molecule has 1 unspecified atom stereocenters. The van der Waals surface area contributed by atoms with Crippen LogP contribution >= 0.6 is 0 Å². The Bertz CT molecular complexity index is 1740. The van der Waals surface area contributed by atoms with Crippen LogP contribution < -0.4 is 21.1 Å². The Morgan fingerprint density at radius 3 is 2.41 bits per heavy atom. The van der Waals surface area contributed by atoms with Gasteiger partial charge in [-0.2, -0.15) is 4.99 Å². The van der Waals surface area contributed by atoms with Crippen molar-refractivity contribution < 1.29 is 22.7 Å². The molecule has 4 aromatic rings. The van der Waals surface area contributed by atoms with Crippen molar-refractivity contribution in [1.82, 2.24) is 4.98 Å². The summed E-state index contributed by atoms with van der Waals surface area (Å²) in [4.78, 5) is 35.4. The number of hydrogen-bond acceptors (Lipinski definition) is 7. The summed E-state index contributed by atoms with van der Waals surface area (Å²) in [5.74, 6) is -0.273. The van der Waals surface area contributed by atoms with Crippen LogP contribution in [0.15, 0.2) is 107 Å². The average molecular weight is 615 g/mol. The van der Waals surface area contributed by atoms with Gasteiger partial charge in [-0.25, -0.2) is 18.4 Å². The number of aliphatic imine (C=N–C) groups is 1. The first kappa shape index (κ1) is 31.9. The Labute approximate surface area is 256 Å². The van der Waals surface area contributed by atoms with E-state index in [-0.39, 0.29) is 23.2 Å². The number of rotatable bonds is 11. The lowest BCUT2D eigenvalue weighted by atomic mass is 10.1. The van der Waals surface area contributed by atoms with Crippen LogP contribution in [0.2, 0.25) is 0 Å². The van der Waals surface area contributed by atoms with Crippen molar-refractivity contribution in [3.8, 4) is 11.1 Å². The number of nitrogens with zero attached hydrogens (tertiary/aromatic N) is 3. The molecule has 0 fully saturated rings. The molecule has 228 valence electrons. The van der Waals surface area contributed by atoms with Crippen molar-refractivity contribution in [2.24, 2.45) is 15.9 Å². The summed E-state index contributed by atoms with van der Waals surface area (Å²) in [6, 6.07) is 25.7. The fourth-order valence-electron chi connectivity index (χ4n) is 4.51. The minimum atomic E-state index is -3.90. The fraction of sp³-hybridized carbons (Fsp3) is 0.188. The molecule has 5 N–H and O–H groups in total. The van der Waals surface area contributed by atoms with Crippen LogP contribution in [-0.2, 0) is 19.6 Å². The van der Waals surface area contributed by atoms with Crippen LogP contribution in [0.5, 0.6) is 0 Å². The van der Waals surface area contributed by atoms with Gasteiger partial charge in [0, 0.05) is 35.2 Å².